The predicted octanol–water partition coefficient (Wildman–Crippen LogP) is 1.34. The average molecular weight is 394 g/mol. The number of hydrogen-bond donors (Lipinski definition) is 3. The fraction of sp³-hybridized carbons (Fsp3) is 0.278. The minimum atomic E-state index is -0.780. The van der Waals surface area contributed by atoms with E-state index in [0.717, 1.165) is 5.56 Å². The van der Waals surface area contributed by atoms with Gasteiger partial charge in [0, 0.05) is 17.1 Å². The quantitative estimate of drug-likeness (QED) is 0.554. The molecule has 4 N–H and O–H groups in total. The molecule has 0 fully saturated rings. The highest BCUT2D eigenvalue weighted by Gasteiger charge is 2.19. The van der Waals surface area contributed by atoms with E-state index >= 15 is 0 Å². The number of benzene rings is 1. The Labute approximate surface area is 161 Å². The van der Waals surface area contributed by atoms with Crippen LogP contribution in [0.15, 0.2) is 40.8 Å². The van der Waals surface area contributed by atoms with Gasteiger partial charge in [-0.2, -0.15) is 0 Å². The van der Waals surface area contributed by atoms with Gasteiger partial charge >= 0.3 is 0 Å². The molecule has 3 amide bonds. The van der Waals surface area contributed by atoms with Crippen molar-refractivity contribution in [1.82, 2.24) is 10.6 Å². The zero-order valence-corrected chi connectivity index (χ0v) is 15.4. The van der Waals surface area contributed by atoms with Gasteiger partial charge in [0.05, 0.1) is 6.61 Å². The van der Waals surface area contributed by atoms with Crippen molar-refractivity contribution in [2.45, 2.75) is 13.0 Å². The molecule has 0 aliphatic carbocycles. The first kappa shape index (κ1) is 20.5. The van der Waals surface area contributed by atoms with E-state index in [1.54, 1.807) is 37.3 Å². The number of ether oxygens (including phenoxy) is 1. The topological polar surface area (TPSA) is 124 Å². The molecule has 0 spiro atoms. The fourth-order valence-corrected chi connectivity index (χ4v) is 2.26. The van der Waals surface area contributed by atoms with E-state index in [-0.39, 0.29) is 25.5 Å². The van der Waals surface area contributed by atoms with Gasteiger partial charge in [-0.15, -0.1) is 0 Å². The van der Waals surface area contributed by atoms with Crippen molar-refractivity contribution in [3.05, 3.63) is 47.2 Å². The highest BCUT2D eigenvalue weighted by molar-refractivity contribution is 6.30. The van der Waals surface area contributed by atoms with Crippen molar-refractivity contribution in [2.24, 2.45) is 5.73 Å². The molecule has 0 unspecified atom stereocenters. The van der Waals surface area contributed by atoms with Crippen LogP contribution < -0.4 is 16.4 Å². The average Bonchev–Trinajstić information content (AvgIpc) is 3.11. The molecule has 8 nitrogen and oxygen atoms in total. The summed E-state index contributed by atoms with van der Waals surface area (Å²) < 4.78 is 10.5. The van der Waals surface area contributed by atoms with Crippen LogP contribution in [0.2, 0.25) is 5.02 Å². The maximum Gasteiger partial charge on any atom is 0.287 e. The first-order valence-electron chi connectivity index (χ1n) is 8.17. The van der Waals surface area contributed by atoms with E-state index in [9.17, 15) is 14.4 Å². The fourth-order valence-electron chi connectivity index (χ4n) is 2.13. The molecule has 0 bridgehead atoms. The largest absolute Gasteiger partial charge is 0.451 e. The van der Waals surface area contributed by atoms with Gasteiger partial charge in [0.25, 0.3) is 5.91 Å². The second-order valence-electron chi connectivity index (χ2n) is 5.68. The van der Waals surface area contributed by atoms with Crippen LogP contribution in [0.1, 0.15) is 17.5 Å². The Morgan fingerprint density at radius 2 is 1.89 bits per heavy atom. The second kappa shape index (κ2) is 9.75. The predicted molar refractivity (Wildman–Crippen MR) is 99.1 cm³/mol. The van der Waals surface area contributed by atoms with Gasteiger partial charge in [-0.05, 0) is 43.3 Å². The number of halogens is 1. The molecule has 1 aromatic carbocycles. The summed E-state index contributed by atoms with van der Waals surface area (Å²) in [6, 6.07) is 9.41. The highest BCUT2D eigenvalue weighted by Crippen LogP contribution is 2.23. The molecule has 0 aliphatic rings. The summed E-state index contributed by atoms with van der Waals surface area (Å²) in [4.78, 5) is 34.7. The number of carbonyl (C=O) groups excluding carboxylic acids is 3. The Morgan fingerprint density at radius 1 is 1.19 bits per heavy atom. The molecule has 0 saturated carbocycles. The van der Waals surface area contributed by atoms with Crippen LogP contribution in [0.5, 0.6) is 0 Å². The van der Waals surface area contributed by atoms with Gasteiger partial charge in [0.2, 0.25) is 11.8 Å². The summed E-state index contributed by atoms with van der Waals surface area (Å²) in [5.41, 5.74) is 5.70. The van der Waals surface area contributed by atoms with E-state index in [1.165, 1.54) is 6.07 Å². The first-order chi connectivity index (χ1) is 12.9. The zero-order chi connectivity index (χ0) is 19.8. The minimum Gasteiger partial charge on any atom is -0.451 e. The number of primary amides is 1. The summed E-state index contributed by atoms with van der Waals surface area (Å²) in [5, 5.41) is 5.72. The van der Waals surface area contributed by atoms with Crippen molar-refractivity contribution in [1.29, 1.82) is 0 Å². The minimum absolute atomic E-state index is 0.0874. The van der Waals surface area contributed by atoms with E-state index < -0.39 is 23.8 Å². The lowest BCUT2D eigenvalue weighted by Crippen LogP contribution is -2.45. The van der Waals surface area contributed by atoms with E-state index in [2.05, 4.69) is 10.6 Å². The number of rotatable bonds is 9. The van der Waals surface area contributed by atoms with E-state index in [1.807, 2.05) is 0 Å². The monoisotopic (exact) mass is 393 g/mol. The highest BCUT2D eigenvalue weighted by atomic mass is 35.5. The summed E-state index contributed by atoms with van der Waals surface area (Å²) >= 11 is 5.85. The van der Waals surface area contributed by atoms with Crippen molar-refractivity contribution >= 4 is 29.3 Å². The zero-order valence-electron chi connectivity index (χ0n) is 14.7. The Hall–Kier alpha value is -2.84. The number of carbonyl (C=O) groups is 3. The molecular weight excluding hydrogens is 374 g/mol. The number of nitrogens with one attached hydrogen (secondary N) is 2. The molecule has 1 atom stereocenters. The van der Waals surface area contributed by atoms with Crippen molar-refractivity contribution in [3.8, 4) is 11.3 Å². The smallest absolute Gasteiger partial charge is 0.287 e. The molecule has 9 heteroatoms. The molecule has 0 radical (unpaired) electrons. The lowest BCUT2D eigenvalue weighted by atomic mass is 10.2. The standard InChI is InChI=1S/C18H20ClN3O5/c1-11(17(24)21-8-9-26-10-16(20)23)22-18(25)15-7-6-14(27-15)12-2-4-13(19)5-3-12/h2-7,11H,8-10H2,1H3,(H2,20,23)(H,21,24)(H,22,25)/t11-/m0/s1. The lowest BCUT2D eigenvalue weighted by Gasteiger charge is -2.13. The molecular formula is C18H20ClN3O5. The van der Waals surface area contributed by atoms with Gasteiger partial charge < -0.3 is 25.5 Å². The third-order valence-electron chi connectivity index (χ3n) is 3.49. The summed E-state index contributed by atoms with van der Waals surface area (Å²) in [6.45, 7) is 1.66. The van der Waals surface area contributed by atoms with Gasteiger partial charge in [-0.25, -0.2) is 0 Å². The Bertz CT molecular complexity index is 804. The third kappa shape index (κ3) is 6.43. The Morgan fingerprint density at radius 3 is 2.56 bits per heavy atom. The number of nitrogens with two attached hydrogens (primary N) is 1. The Balaban J connectivity index is 1.83. The lowest BCUT2D eigenvalue weighted by molar-refractivity contribution is -0.123. The summed E-state index contributed by atoms with van der Waals surface area (Å²) in [7, 11) is 0. The van der Waals surface area contributed by atoms with Crippen LogP contribution in [0.3, 0.4) is 0 Å². The second-order valence-corrected chi connectivity index (χ2v) is 6.11. The number of amides is 3. The molecule has 2 rings (SSSR count). The van der Waals surface area contributed by atoms with Crippen LogP contribution in [0.4, 0.5) is 0 Å². The molecule has 1 heterocycles. The molecule has 2 aromatic rings. The van der Waals surface area contributed by atoms with Crippen molar-refractivity contribution in [2.75, 3.05) is 19.8 Å². The number of furan rings is 1. The van der Waals surface area contributed by atoms with Crippen molar-refractivity contribution in [3.63, 3.8) is 0 Å². The van der Waals surface area contributed by atoms with Crippen LogP contribution in [-0.4, -0.2) is 43.5 Å². The summed E-state index contributed by atoms with van der Waals surface area (Å²) in [6.07, 6.45) is 0. The maximum atomic E-state index is 12.2. The van der Waals surface area contributed by atoms with E-state index in [4.69, 9.17) is 26.5 Å². The maximum absolute atomic E-state index is 12.2. The molecule has 0 saturated heterocycles. The van der Waals surface area contributed by atoms with Crippen LogP contribution in [-0.2, 0) is 14.3 Å². The molecule has 27 heavy (non-hydrogen) atoms. The summed E-state index contributed by atoms with van der Waals surface area (Å²) in [5.74, 6) is -0.887. The molecule has 1 aromatic heterocycles. The molecule has 0 aliphatic heterocycles. The first-order valence-corrected chi connectivity index (χ1v) is 8.55. The Kier molecular flexibility index (Phi) is 7.39. The van der Waals surface area contributed by atoms with Gasteiger partial charge in [0.15, 0.2) is 5.76 Å². The molecule has 144 valence electrons. The van der Waals surface area contributed by atoms with Crippen molar-refractivity contribution < 1.29 is 23.5 Å². The normalized spacial score (nSPS) is 11.6. The third-order valence-corrected chi connectivity index (χ3v) is 3.74. The van der Waals surface area contributed by atoms with Crippen LogP contribution in [0, 0.1) is 0 Å². The van der Waals surface area contributed by atoms with Crippen LogP contribution >= 0.6 is 11.6 Å². The van der Waals surface area contributed by atoms with Crippen LogP contribution in [0.25, 0.3) is 11.3 Å². The van der Waals surface area contributed by atoms with E-state index in [0.29, 0.717) is 10.8 Å². The van der Waals surface area contributed by atoms with Gasteiger partial charge in [-0.1, -0.05) is 11.6 Å². The van der Waals surface area contributed by atoms with Gasteiger partial charge in [-0.3, -0.25) is 14.4 Å². The van der Waals surface area contributed by atoms with Gasteiger partial charge in [0.1, 0.15) is 18.4 Å². The SMILES string of the molecule is C[C@H](NC(=O)c1ccc(-c2ccc(Cl)cc2)o1)C(=O)NCCOCC(N)=O. The number of hydrogen-bond acceptors (Lipinski definition) is 5.